The van der Waals surface area contributed by atoms with Crippen LogP contribution in [0.15, 0.2) is 24.3 Å². The minimum Gasteiger partial charge on any atom is -0.338 e. The Morgan fingerprint density at radius 2 is 2.00 bits per heavy atom. The minimum atomic E-state index is -0.944. The topological polar surface area (TPSA) is 58.2 Å². The van der Waals surface area contributed by atoms with E-state index in [-0.39, 0.29) is 10.8 Å². The Kier molecular flexibility index (Phi) is 6.89. The van der Waals surface area contributed by atoms with Crippen molar-refractivity contribution in [3.63, 3.8) is 0 Å². The third-order valence-corrected chi connectivity index (χ3v) is 4.94. The van der Waals surface area contributed by atoms with Gasteiger partial charge in [0.05, 0.1) is 0 Å². The van der Waals surface area contributed by atoms with Crippen LogP contribution in [0.4, 0.5) is 10.5 Å². The molecule has 4 nitrogen and oxygen atoms in total. The molecule has 2 N–H and O–H groups in total. The van der Waals surface area contributed by atoms with Gasteiger partial charge < -0.3 is 10.6 Å². The van der Waals surface area contributed by atoms with Gasteiger partial charge in [0.2, 0.25) is 0 Å². The van der Waals surface area contributed by atoms with Gasteiger partial charge in [0, 0.05) is 33.5 Å². The van der Waals surface area contributed by atoms with E-state index in [1.54, 1.807) is 0 Å². The van der Waals surface area contributed by atoms with Crippen LogP contribution in [0.2, 0.25) is 0 Å². The first-order valence-electron chi connectivity index (χ1n) is 7.35. The van der Waals surface area contributed by atoms with Crippen molar-refractivity contribution in [1.29, 1.82) is 0 Å². The van der Waals surface area contributed by atoms with Crippen molar-refractivity contribution >= 4 is 22.5 Å². The van der Waals surface area contributed by atoms with Crippen LogP contribution in [0.1, 0.15) is 46.1 Å². The second-order valence-corrected chi connectivity index (χ2v) is 8.24. The van der Waals surface area contributed by atoms with Crippen LogP contribution in [0.5, 0.6) is 0 Å². The van der Waals surface area contributed by atoms with E-state index in [0.29, 0.717) is 12.3 Å². The molecule has 0 unspecified atom stereocenters. The third-order valence-electron chi connectivity index (χ3n) is 2.98. The van der Waals surface area contributed by atoms with Crippen molar-refractivity contribution in [3.8, 4) is 0 Å². The first-order valence-corrected chi connectivity index (χ1v) is 8.67. The molecule has 0 aliphatic heterocycles. The summed E-state index contributed by atoms with van der Waals surface area (Å²) >= 11 is 0. The molecule has 0 fully saturated rings. The van der Waals surface area contributed by atoms with Crippen molar-refractivity contribution in [2.24, 2.45) is 0 Å². The van der Waals surface area contributed by atoms with E-state index in [4.69, 9.17) is 0 Å². The van der Waals surface area contributed by atoms with E-state index in [0.717, 1.165) is 24.1 Å². The predicted molar refractivity (Wildman–Crippen MR) is 90.0 cm³/mol. The summed E-state index contributed by atoms with van der Waals surface area (Å²) in [5.74, 6) is 0.497. The highest BCUT2D eigenvalue weighted by Crippen LogP contribution is 2.18. The molecule has 0 bridgehead atoms. The van der Waals surface area contributed by atoms with E-state index in [1.165, 1.54) is 0 Å². The van der Waals surface area contributed by atoms with Crippen LogP contribution >= 0.6 is 0 Å². The fourth-order valence-electron chi connectivity index (χ4n) is 1.66. The number of carbonyl (C=O) groups excluding carboxylic acids is 1. The average molecular weight is 310 g/mol. The SMILES string of the molecule is CCCCNC(=O)Nc1cccc(C[S@@](=O)C(C)(C)C)c1. The Labute approximate surface area is 130 Å². The van der Waals surface area contributed by atoms with Crippen molar-refractivity contribution in [2.75, 3.05) is 11.9 Å². The molecular weight excluding hydrogens is 284 g/mol. The molecular formula is C16H26N2O2S. The molecule has 21 heavy (non-hydrogen) atoms. The summed E-state index contributed by atoms with van der Waals surface area (Å²) < 4.78 is 11.9. The molecule has 0 aliphatic carbocycles. The Morgan fingerprint density at radius 1 is 1.29 bits per heavy atom. The quantitative estimate of drug-likeness (QED) is 0.788. The summed E-state index contributed by atoms with van der Waals surface area (Å²) in [5.41, 5.74) is 1.70. The van der Waals surface area contributed by atoms with E-state index in [1.807, 2.05) is 45.0 Å². The number of nitrogens with one attached hydrogen (secondary N) is 2. The Bertz CT molecular complexity index is 495. The van der Waals surface area contributed by atoms with E-state index in [2.05, 4.69) is 17.6 Å². The summed E-state index contributed by atoms with van der Waals surface area (Å²) in [4.78, 5) is 11.7. The summed E-state index contributed by atoms with van der Waals surface area (Å²) in [6, 6.07) is 7.32. The van der Waals surface area contributed by atoms with Crippen LogP contribution in [-0.4, -0.2) is 21.5 Å². The van der Waals surface area contributed by atoms with Gasteiger partial charge in [-0.2, -0.15) is 0 Å². The number of unbranched alkanes of at least 4 members (excludes halogenated alkanes) is 1. The van der Waals surface area contributed by atoms with Gasteiger partial charge in [0.15, 0.2) is 0 Å². The molecule has 5 heteroatoms. The number of benzene rings is 1. The normalized spacial score (nSPS) is 12.8. The number of rotatable bonds is 6. The predicted octanol–water partition coefficient (Wildman–Crippen LogP) is 3.66. The summed E-state index contributed by atoms with van der Waals surface area (Å²) in [5, 5.41) is 5.61. The highest BCUT2D eigenvalue weighted by molar-refractivity contribution is 7.85. The van der Waals surface area contributed by atoms with Crippen LogP contribution in [0.25, 0.3) is 0 Å². The van der Waals surface area contributed by atoms with Crippen molar-refractivity contribution in [1.82, 2.24) is 5.32 Å². The minimum absolute atomic E-state index is 0.197. The first kappa shape index (κ1) is 17.7. The molecule has 1 atom stereocenters. The Hall–Kier alpha value is -1.36. The molecule has 0 spiro atoms. The lowest BCUT2D eigenvalue weighted by molar-refractivity contribution is 0.252. The zero-order valence-electron chi connectivity index (χ0n) is 13.4. The summed E-state index contributed by atoms with van der Waals surface area (Å²) in [6.45, 7) is 8.65. The molecule has 0 heterocycles. The molecule has 2 amide bonds. The maximum atomic E-state index is 12.2. The summed E-state index contributed by atoms with van der Waals surface area (Å²) in [6.07, 6.45) is 2.02. The largest absolute Gasteiger partial charge is 0.338 e. The molecule has 0 saturated heterocycles. The Morgan fingerprint density at radius 3 is 2.62 bits per heavy atom. The van der Waals surface area contributed by atoms with Gasteiger partial charge in [-0.25, -0.2) is 4.79 Å². The molecule has 1 aromatic rings. The van der Waals surface area contributed by atoms with Gasteiger partial charge >= 0.3 is 6.03 Å². The van der Waals surface area contributed by atoms with Crippen LogP contribution < -0.4 is 10.6 Å². The smallest absolute Gasteiger partial charge is 0.319 e. The number of hydrogen-bond donors (Lipinski definition) is 2. The maximum absolute atomic E-state index is 12.2. The van der Waals surface area contributed by atoms with Gasteiger partial charge in [-0.1, -0.05) is 25.5 Å². The second kappa shape index (κ2) is 8.17. The number of hydrogen-bond acceptors (Lipinski definition) is 2. The number of amides is 2. The number of urea groups is 1. The highest BCUT2D eigenvalue weighted by atomic mass is 32.2. The number of anilines is 1. The lowest BCUT2D eigenvalue weighted by atomic mass is 10.2. The molecule has 1 aromatic carbocycles. The summed E-state index contributed by atoms with van der Waals surface area (Å²) in [7, 11) is -0.944. The molecule has 0 aromatic heterocycles. The van der Waals surface area contributed by atoms with Crippen molar-refractivity contribution in [2.45, 2.75) is 51.0 Å². The monoisotopic (exact) mass is 310 g/mol. The number of carbonyl (C=O) groups is 1. The lowest BCUT2D eigenvalue weighted by Gasteiger charge is -2.18. The van der Waals surface area contributed by atoms with Crippen molar-refractivity contribution in [3.05, 3.63) is 29.8 Å². The standard InChI is InChI=1S/C16H26N2O2S/c1-5-6-10-17-15(19)18-14-9-7-8-13(11-14)12-21(20)16(2,3)4/h7-9,11H,5-6,10,12H2,1-4H3,(H2,17,18,19)/t21-/m1/s1. The zero-order valence-corrected chi connectivity index (χ0v) is 14.2. The van der Waals surface area contributed by atoms with Gasteiger partial charge in [0.25, 0.3) is 0 Å². The van der Waals surface area contributed by atoms with Gasteiger partial charge in [-0.3, -0.25) is 4.21 Å². The van der Waals surface area contributed by atoms with Gasteiger partial charge in [-0.05, 0) is 44.9 Å². The molecule has 118 valence electrons. The third kappa shape index (κ3) is 6.76. The Balaban J connectivity index is 2.60. The van der Waals surface area contributed by atoms with Crippen LogP contribution in [0, 0.1) is 0 Å². The molecule has 0 saturated carbocycles. The van der Waals surface area contributed by atoms with Crippen LogP contribution in [-0.2, 0) is 16.6 Å². The van der Waals surface area contributed by atoms with E-state index >= 15 is 0 Å². The van der Waals surface area contributed by atoms with Gasteiger partial charge in [-0.15, -0.1) is 0 Å². The molecule has 0 radical (unpaired) electrons. The van der Waals surface area contributed by atoms with Crippen LogP contribution in [0.3, 0.4) is 0 Å². The second-order valence-electron chi connectivity index (χ2n) is 6.04. The maximum Gasteiger partial charge on any atom is 0.319 e. The van der Waals surface area contributed by atoms with Crippen molar-refractivity contribution < 1.29 is 9.00 Å². The first-order chi connectivity index (χ1) is 9.82. The average Bonchev–Trinajstić information content (AvgIpc) is 2.38. The molecule has 1 rings (SSSR count). The zero-order chi connectivity index (χ0) is 15.9. The fraction of sp³-hybridized carbons (Fsp3) is 0.562. The molecule has 0 aliphatic rings. The van der Waals surface area contributed by atoms with Gasteiger partial charge in [0.1, 0.15) is 0 Å². The van der Waals surface area contributed by atoms with E-state index < -0.39 is 10.8 Å². The lowest BCUT2D eigenvalue weighted by Crippen LogP contribution is -2.29. The fourth-order valence-corrected chi connectivity index (χ4v) is 2.58. The highest BCUT2D eigenvalue weighted by Gasteiger charge is 2.19. The van der Waals surface area contributed by atoms with E-state index in [9.17, 15) is 9.00 Å².